The molecule has 0 atom stereocenters. The van der Waals surface area contributed by atoms with Crippen LogP contribution in [0.4, 0.5) is 5.69 Å². The van der Waals surface area contributed by atoms with Crippen molar-refractivity contribution in [3.05, 3.63) is 35.1 Å². The van der Waals surface area contributed by atoms with Crippen LogP contribution in [0.25, 0.3) is 5.82 Å². The summed E-state index contributed by atoms with van der Waals surface area (Å²) in [7, 11) is 0. The van der Waals surface area contributed by atoms with Gasteiger partial charge in [-0.25, -0.2) is 9.67 Å². The molecule has 0 saturated carbocycles. The molecule has 0 aliphatic heterocycles. The minimum Gasteiger partial charge on any atom is -0.397 e. The van der Waals surface area contributed by atoms with Gasteiger partial charge < -0.3 is 5.73 Å². The molecule has 0 aliphatic carbocycles. The van der Waals surface area contributed by atoms with E-state index < -0.39 is 0 Å². The monoisotopic (exact) mass is 240 g/mol. The Balaban J connectivity index is 2.54. The molecule has 5 heteroatoms. The van der Waals surface area contributed by atoms with E-state index in [1.807, 2.05) is 0 Å². The molecule has 0 amide bonds. The highest BCUT2D eigenvalue weighted by atomic mass is 79.9. The van der Waals surface area contributed by atoms with E-state index >= 15 is 0 Å². The van der Waals surface area contributed by atoms with E-state index in [2.05, 4.69) is 26.0 Å². The molecular weight excluding hydrogens is 232 g/mol. The average Bonchev–Trinajstić information content (AvgIpc) is 2.47. The van der Waals surface area contributed by atoms with E-state index in [1.165, 1.54) is 10.9 Å². The fourth-order valence-electron chi connectivity index (χ4n) is 0.868. The molecule has 4 nitrogen and oxygen atoms in total. The van der Waals surface area contributed by atoms with Gasteiger partial charge in [0.05, 0.1) is 25.3 Å². The molecule has 2 aromatic rings. The van der Waals surface area contributed by atoms with Gasteiger partial charge in [0.2, 0.25) is 0 Å². The van der Waals surface area contributed by atoms with Crippen LogP contribution in [-0.4, -0.2) is 14.8 Å². The van der Waals surface area contributed by atoms with Crippen LogP contribution in [0.15, 0.2) is 35.1 Å². The lowest BCUT2D eigenvalue weighted by molar-refractivity contribution is 0.847. The third-order valence-corrected chi connectivity index (χ3v) is 1.79. The van der Waals surface area contributed by atoms with Crippen LogP contribution in [0.3, 0.4) is 0 Å². The summed E-state index contributed by atoms with van der Waals surface area (Å²) in [5.74, 6) is 0.466. The maximum atomic E-state index is 7.67. The van der Waals surface area contributed by atoms with Crippen LogP contribution in [0.2, 0.25) is 0 Å². The number of hydrogen-bond donors (Lipinski definition) is 1. The van der Waals surface area contributed by atoms with Crippen LogP contribution in [0, 0.1) is 0 Å². The molecule has 0 fully saturated rings. The molecule has 2 heterocycles. The fourth-order valence-corrected chi connectivity index (χ4v) is 1.12. The molecule has 2 rings (SSSR count). The van der Waals surface area contributed by atoms with Crippen LogP contribution < -0.4 is 5.73 Å². The standard InChI is InChI=1S/C8H7BrN4/c9-6-3-12-13(5-6)8-2-1-7(10)4-11-8/h1-5H,10H2/i3D,5D. The minimum absolute atomic E-state index is 0.0126. The zero-order valence-corrected chi connectivity index (χ0v) is 8.12. The molecule has 0 spiro atoms. The first-order valence-corrected chi connectivity index (χ1v) is 4.32. The highest BCUT2D eigenvalue weighted by Crippen LogP contribution is 2.11. The average molecular weight is 241 g/mol. The Bertz CT molecular complexity index is 494. The molecule has 0 unspecified atom stereocenters. The summed E-state index contributed by atoms with van der Waals surface area (Å²) in [6, 6.07) is 3.31. The van der Waals surface area contributed by atoms with Crippen LogP contribution in [0.5, 0.6) is 0 Å². The number of hydrogen-bond acceptors (Lipinski definition) is 3. The zero-order chi connectivity index (χ0) is 11.0. The number of halogens is 1. The molecule has 66 valence electrons. The lowest BCUT2D eigenvalue weighted by atomic mass is 10.4. The molecule has 0 saturated heterocycles. The van der Waals surface area contributed by atoms with Gasteiger partial charge >= 0.3 is 0 Å². The van der Waals surface area contributed by atoms with Gasteiger partial charge in [-0.2, -0.15) is 5.10 Å². The van der Waals surface area contributed by atoms with Gasteiger partial charge in [-0.1, -0.05) is 0 Å². The molecule has 0 radical (unpaired) electrons. The second kappa shape index (κ2) is 3.18. The van der Waals surface area contributed by atoms with Crippen molar-refractivity contribution in [3.8, 4) is 5.82 Å². The molecule has 2 N–H and O–H groups in total. The smallest absolute Gasteiger partial charge is 0.153 e. The number of nitrogen functional groups attached to an aromatic ring is 1. The van der Waals surface area contributed by atoms with Crippen molar-refractivity contribution in [2.45, 2.75) is 0 Å². The van der Waals surface area contributed by atoms with Crippen LogP contribution in [0.1, 0.15) is 2.74 Å². The number of anilines is 1. The number of aromatic nitrogens is 3. The molecule has 0 bridgehead atoms. The van der Waals surface area contributed by atoms with Gasteiger partial charge in [0.15, 0.2) is 5.82 Å². The van der Waals surface area contributed by atoms with Crippen molar-refractivity contribution < 1.29 is 2.74 Å². The van der Waals surface area contributed by atoms with E-state index in [1.54, 1.807) is 12.1 Å². The van der Waals surface area contributed by atoms with E-state index in [0.717, 1.165) is 0 Å². The Morgan fingerprint density at radius 3 is 2.92 bits per heavy atom. The van der Waals surface area contributed by atoms with E-state index in [9.17, 15) is 0 Å². The third-order valence-electron chi connectivity index (χ3n) is 1.44. The summed E-state index contributed by atoms with van der Waals surface area (Å²) < 4.78 is 16.7. The predicted octanol–water partition coefficient (Wildman–Crippen LogP) is 1.61. The fraction of sp³-hybridized carbons (Fsp3) is 0. The van der Waals surface area contributed by atoms with Crippen molar-refractivity contribution >= 4 is 21.6 Å². The van der Waals surface area contributed by atoms with Crippen molar-refractivity contribution in [1.29, 1.82) is 0 Å². The van der Waals surface area contributed by atoms with Gasteiger partial charge in [-0.15, -0.1) is 0 Å². The van der Waals surface area contributed by atoms with E-state index in [0.29, 0.717) is 16.0 Å². The topological polar surface area (TPSA) is 56.7 Å². The first-order valence-electron chi connectivity index (χ1n) is 4.53. The normalized spacial score (nSPS) is 12.4. The second-order valence-corrected chi connectivity index (χ2v) is 3.19. The summed E-state index contributed by atoms with van der Waals surface area (Å²) in [5.41, 5.74) is 6.04. The highest BCUT2D eigenvalue weighted by Gasteiger charge is 1.98. The Morgan fingerprint density at radius 1 is 1.54 bits per heavy atom. The Hall–Kier alpha value is -1.36. The van der Waals surface area contributed by atoms with Crippen molar-refractivity contribution in [2.75, 3.05) is 5.73 Å². The summed E-state index contributed by atoms with van der Waals surface area (Å²) in [6.45, 7) is 0. The number of nitrogens with zero attached hydrogens (tertiary/aromatic N) is 3. The van der Waals surface area contributed by atoms with Gasteiger partial charge in [-0.3, -0.25) is 0 Å². The van der Waals surface area contributed by atoms with Gasteiger partial charge in [0.25, 0.3) is 0 Å². The molecule has 13 heavy (non-hydrogen) atoms. The number of rotatable bonds is 1. The zero-order valence-electron chi connectivity index (χ0n) is 8.53. The van der Waals surface area contributed by atoms with Gasteiger partial charge in [0.1, 0.15) is 0 Å². The first-order chi connectivity index (χ1) is 7.09. The Morgan fingerprint density at radius 2 is 2.38 bits per heavy atom. The number of pyridine rings is 1. The highest BCUT2D eigenvalue weighted by molar-refractivity contribution is 9.10. The Kier molecular flexibility index (Phi) is 1.50. The minimum atomic E-state index is 0.0126. The predicted molar refractivity (Wildman–Crippen MR) is 53.5 cm³/mol. The summed E-state index contributed by atoms with van der Waals surface area (Å²) >= 11 is 3.10. The largest absolute Gasteiger partial charge is 0.397 e. The Labute approximate surface area is 86.3 Å². The van der Waals surface area contributed by atoms with Crippen molar-refractivity contribution in [1.82, 2.24) is 14.8 Å². The lowest BCUT2D eigenvalue weighted by Crippen LogP contribution is -1.97. The molecule has 0 aliphatic rings. The summed E-state index contributed by atoms with van der Waals surface area (Å²) in [5, 5.41) is 3.86. The molecule has 0 aromatic carbocycles. The van der Waals surface area contributed by atoms with Gasteiger partial charge in [0, 0.05) is 6.17 Å². The van der Waals surface area contributed by atoms with Crippen molar-refractivity contribution in [3.63, 3.8) is 0 Å². The summed E-state index contributed by atoms with van der Waals surface area (Å²) in [4.78, 5) is 4.02. The second-order valence-electron chi connectivity index (χ2n) is 2.40. The van der Waals surface area contributed by atoms with E-state index in [4.69, 9.17) is 8.48 Å². The van der Waals surface area contributed by atoms with Crippen LogP contribution >= 0.6 is 15.9 Å². The van der Waals surface area contributed by atoms with E-state index in [-0.39, 0.29) is 12.3 Å². The third kappa shape index (κ3) is 1.70. The first kappa shape index (κ1) is 6.15. The SMILES string of the molecule is [2H]c1nn(-c2ccc(N)cn2)c([2H])c1Br. The van der Waals surface area contributed by atoms with Gasteiger partial charge in [-0.05, 0) is 28.1 Å². The summed E-state index contributed by atoms with van der Waals surface area (Å²) in [6.07, 6.45) is 1.59. The van der Waals surface area contributed by atoms with Crippen LogP contribution in [-0.2, 0) is 0 Å². The molecular formula is C8H7BrN4. The number of nitrogens with two attached hydrogens (primary N) is 1. The lowest BCUT2D eigenvalue weighted by Gasteiger charge is -1.98. The molecule has 2 aromatic heterocycles. The maximum Gasteiger partial charge on any atom is 0.153 e. The van der Waals surface area contributed by atoms with Crippen molar-refractivity contribution in [2.24, 2.45) is 0 Å². The quantitative estimate of drug-likeness (QED) is 0.825. The maximum absolute atomic E-state index is 7.67.